The third kappa shape index (κ3) is 13.1. The van der Waals surface area contributed by atoms with E-state index in [-0.39, 0.29) is 83.8 Å². The second-order valence-corrected chi connectivity index (χ2v) is 10.5. The number of carbonyl (C=O) groups excluding carboxylic acids is 1. The highest BCUT2D eigenvalue weighted by atomic mass is 16.4. The molecule has 1 heterocycles. The molecule has 1 amide bonds. The van der Waals surface area contributed by atoms with Gasteiger partial charge < -0.3 is 25.7 Å². The topological polar surface area (TPSA) is 191 Å². The van der Waals surface area contributed by atoms with Gasteiger partial charge in [0.2, 0.25) is 5.91 Å². The molecule has 0 saturated carbocycles. The van der Waals surface area contributed by atoms with Gasteiger partial charge in [0.15, 0.2) is 0 Å². The summed E-state index contributed by atoms with van der Waals surface area (Å²) in [6, 6.07) is 6.68. The summed E-state index contributed by atoms with van der Waals surface area (Å²) < 4.78 is 0. The number of nitrogens with zero attached hydrogens (tertiary/aromatic N) is 4. The number of aliphatic carboxylic acids is 4. The molecule has 1 fully saturated rings. The fourth-order valence-electron chi connectivity index (χ4n) is 4.64. The van der Waals surface area contributed by atoms with E-state index in [4.69, 9.17) is 0 Å². The summed E-state index contributed by atoms with van der Waals surface area (Å²) in [5.74, 6) is -4.57. The second-order valence-electron chi connectivity index (χ2n) is 10.5. The average Bonchev–Trinajstić information content (AvgIpc) is 2.86. The zero-order valence-corrected chi connectivity index (χ0v) is 23.6. The van der Waals surface area contributed by atoms with Gasteiger partial charge in [0, 0.05) is 63.5 Å². The van der Waals surface area contributed by atoms with Crippen molar-refractivity contribution in [2.75, 3.05) is 77.3 Å². The number of nitrogens with one attached hydrogen (secondary N) is 1. The molecule has 0 radical (unpaired) electrons. The number of rotatable bonds is 12. The van der Waals surface area contributed by atoms with Crippen LogP contribution in [0, 0.1) is 5.92 Å². The van der Waals surface area contributed by atoms with E-state index in [9.17, 15) is 44.4 Å². The minimum Gasteiger partial charge on any atom is -0.480 e. The maximum atomic E-state index is 12.0. The van der Waals surface area contributed by atoms with Gasteiger partial charge in [-0.2, -0.15) is 0 Å². The number of amides is 1. The van der Waals surface area contributed by atoms with Crippen LogP contribution < -0.4 is 5.32 Å². The summed E-state index contributed by atoms with van der Waals surface area (Å²) in [4.78, 5) is 65.2. The van der Waals surface area contributed by atoms with E-state index < -0.39 is 29.9 Å². The number of benzene rings is 1. The van der Waals surface area contributed by atoms with Crippen LogP contribution in [0.4, 0.5) is 5.69 Å². The van der Waals surface area contributed by atoms with Gasteiger partial charge in [0.25, 0.3) is 0 Å². The van der Waals surface area contributed by atoms with Gasteiger partial charge in [0.05, 0.1) is 26.2 Å². The Morgan fingerprint density at radius 1 is 0.707 bits per heavy atom. The van der Waals surface area contributed by atoms with Crippen molar-refractivity contribution >= 4 is 35.5 Å². The van der Waals surface area contributed by atoms with Crippen LogP contribution in [-0.4, -0.2) is 148 Å². The van der Waals surface area contributed by atoms with Gasteiger partial charge >= 0.3 is 23.9 Å². The molecule has 228 valence electrons. The van der Waals surface area contributed by atoms with Crippen molar-refractivity contribution in [3.05, 3.63) is 29.8 Å². The molecule has 1 unspecified atom stereocenters. The maximum Gasteiger partial charge on any atom is 0.317 e. The smallest absolute Gasteiger partial charge is 0.317 e. The summed E-state index contributed by atoms with van der Waals surface area (Å²) in [5.41, 5.74) is 1.45. The molecule has 14 nitrogen and oxygen atoms in total. The lowest BCUT2D eigenvalue weighted by Gasteiger charge is -2.37. The molecule has 14 heteroatoms. The Hall–Kier alpha value is -3.59. The molecule has 5 N–H and O–H groups in total. The highest BCUT2D eigenvalue weighted by molar-refractivity contribution is 5.92. The first-order chi connectivity index (χ1) is 19.3. The molecule has 0 aliphatic carbocycles. The van der Waals surface area contributed by atoms with Crippen LogP contribution in [0.1, 0.15) is 19.4 Å². The zero-order valence-electron chi connectivity index (χ0n) is 23.6. The quantitative estimate of drug-likeness (QED) is 0.218. The Morgan fingerprint density at radius 2 is 1.15 bits per heavy atom. The number of carboxylic acids is 4. The number of anilines is 1. The third-order valence-corrected chi connectivity index (χ3v) is 6.79. The Kier molecular flexibility index (Phi) is 13.6. The summed E-state index contributed by atoms with van der Waals surface area (Å²) >= 11 is 0. The molecule has 1 aliphatic rings. The molecule has 41 heavy (non-hydrogen) atoms. The fraction of sp³-hybridized carbons (Fsp3) is 0.593. The van der Waals surface area contributed by atoms with Crippen LogP contribution in [-0.2, 0) is 30.4 Å². The molecule has 0 bridgehead atoms. The van der Waals surface area contributed by atoms with Crippen molar-refractivity contribution in [1.29, 1.82) is 0 Å². The van der Waals surface area contributed by atoms with Crippen molar-refractivity contribution in [1.82, 2.24) is 19.6 Å². The van der Waals surface area contributed by atoms with E-state index in [1.807, 2.05) is 12.1 Å². The lowest BCUT2D eigenvalue weighted by Crippen LogP contribution is -2.53. The Bertz CT molecular complexity index is 1050. The van der Waals surface area contributed by atoms with Gasteiger partial charge in [0.1, 0.15) is 0 Å². The van der Waals surface area contributed by atoms with Crippen molar-refractivity contribution in [3.63, 3.8) is 0 Å². The SMILES string of the molecule is CC(C)C(=O)Nc1ccc(CC2CN(CC(=O)O)CCN(CC(=O)O)CCN(CC(=O)O)CCN2CC(=O)O)cc1. The fourth-order valence-corrected chi connectivity index (χ4v) is 4.64. The first-order valence-electron chi connectivity index (χ1n) is 13.5. The van der Waals surface area contributed by atoms with Gasteiger partial charge in [-0.05, 0) is 24.1 Å². The molecule has 0 spiro atoms. The van der Waals surface area contributed by atoms with E-state index in [1.54, 1.807) is 45.6 Å². The van der Waals surface area contributed by atoms with Gasteiger partial charge in [-0.3, -0.25) is 43.6 Å². The second kappa shape index (κ2) is 16.6. The minimum atomic E-state index is -1.07. The largest absolute Gasteiger partial charge is 0.480 e. The van der Waals surface area contributed by atoms with Crippen molar-refractivity contribution in [3.8, 4) is 0 Å². The van der Waals surface area contributed by atoms with E-state index >= 15 is 0 Å². The van der Waals surface area contributed by atoms with Crippen molar-refractivity contribution < 1.29 is 44.4 Å². The summed E-state index contributed by atoms with van der Waals surface area (Å²) in [5, 5.41) is 40.8. The minimum absolute atomic E-state index is 0.128. The third-order valence-electron chi connectivity index (χ3n) is 6.79. The van der Waals surface area contributed by atoms with Crippen LogP contribution in [0.3, 0.4) is 0 Å². The normalized spacial score (nSPS) is 18.8. The molecule has 2 rings (SSSR count). The molecule has 1 aromatic carbocycles. The average molecular weight is 580 g/mol. The van der Waals surface area contributed by atoms with Gasteiger partial charge in [-0.25, -0.2) is 0 Å². The highest BCUT2D eigenvalue weighted by Crippen LogP contribution is 2.16. The summed E-state index contributed by atoms with van der Waals surface area (Å²) in [6.07, 6.45) is 0.361. The van der Waals surface area contributed by atoms with Crippen molar-refractivity contribution in [2.45, 2.75) is 26.3 Å². The Morgan fingerprint density at radius 3 is 1.61 bits per heavy atom. The van der Waals surface area contributed by atoms with Crippen LogP contribution in [0.25, 0.3) is 0 Å². The zero-order chi connectivity index (χ0) is 30.5. The number of hydrogen-bond donors (Lipinski definition) is 5. The highest BCUT2D eigenvalue weighted by Gasteiger charge is 2.27. The maximum absolute atomic E-state index is 12.0. The first kappa shape index (κ1) is 33.6. The molecule has 0 aromatic heterocycles. The lowest BCUT2D eigenvalue weighted by molar-refractivity contribution is -0.142. The van der Waals surface area contributed by atoms with E-state index in [1.165, 1.54) is 0 Å². The molecule has 1 aliphatic heterocycles. The van der Waals surface area contributed by atoms with Gasteiger partial charge in [-0.1, -0.05) is 26.0 Å². The monoisotopic (exact) mass is 579 g/mol. The first-order valence-corrected chi connectivity index (χ1v) is 13.5. The predicted octanol–water partition coefficient (Wildman–Crippen LogP) is -0.248. The predicted molar refractivity (Wildman–Crippen MR) is 149 cm³/mol. The summed E-state index contributed by atoms with van der Waals surface area (Å²) in [7, 11) is 0. The summed E-state index contributed by atoms with van der Waals surface area (Å²) in [6.45, 7) is 3.90. The Balaban J connectivity index is 2.38. The number of hydrogen-bond acceptors (Lipinski definition) is 9. The Labute approximate surface area is 239 Å². The van der Waals surface area contributed by atoms with Crippen molar-refractivity contribution in [2.24, 2.45) is 5.92 Å². The number of carboxylic acid groups (broad SMARTS) is 4. The van der Waals surface area contributed by atoms with Crippen LogP contribution in [0.5, 0.6) is 0 Å². The van der Waals surface area contributed by atoms with Crippen LogP contribution >= 0.6 is 0 Å². The number of carbonyl (C=O) groups is 5. The standard InChI is InChI=1S/C27H41N5O9/c1-19(2)27(41)28-21-5-3-20(4-6-21)13-22-14-31(17-25(37)38)10-9-29(15-23(33)34)7-8-30(16-24(35)36)11-12-32(22)18-26(39)40/h3-6,19,22H,7-18H2,1-2H3,(H,28,41)(H,33,34)(H,35,36)(H,37,38)(H,39,40). The molecule has 1 aromatic rings. The van der Waals surface area contributed by atoms with Crippen LogP contribution in [0.2, 0.25) is 0 Å². The molecule has 1 atom stereocenters. The van der Waals surface area contributed by atoms with E-state index in [0.717, 1.165) is 5.56 Å². The molecular formula is C27H41N5O9. The van der Waals surface area contributed by atoms with Gasteiger partial charge in [-0.15, -0.1) is 0 Å². The molecule has 1 saturated heterocycles. The molecular weight excluding hydrogens is 538 g/mol. The van der Waals surface area contributed by atoms with E-state index in [2.05, 4.69) is 5.32 Å². The van der Waals surface area contributed by atoms with E-state index in [0.29, 0.717) is 12.1 Å². The van der Waals surface area contributed by atoms with Crippen LogP contribution in [0.15, 0.2) is 24.3 Å². The lowest BCUT2D eigenvalue weighted by atomic mass is 10.0.